The second kappa shape index (κ2) is 11.2. The van der Waals surface area contributed by atoms with E-state index in [9.17, 15) is 9.59 Å². The van der Waals surface area contributed by atoms with Crippen molar-refractivity contribution >= 4 is 11.6 Å². The van der Waals surface area contributed by atoms with Crippen LogP contribution >= 0.6 is 0 Å². The van der Waals surface area contributed by atoms with Crippen LogP contribution in [-0.2, 0) is 17.6 Å². The lowest BCUT2D eigenvalue weighted by atomic mass is 9.89. The van der Waals surface area contributed by atoms with Crippen molar-refractivity contribution in [3.8, 4) is 0 Å². The third-order valence-corrected chi connectivity index (χ3v) is 5.50. The summed E-state index contributed by atoms with van der Waals surface area (Å²) in [6.07, 6.45) is 11.1. The molecule has 2 aromatic heterocycles. The maximum absolute atomic E-state index is 12.4. The van der Waals surface area contributed by atoms with Gasteiger partial charge in [-0.1, -0.05) is 56.5 Å². The highest BCUT2D eigenvalue weighted by Gasteiger charge is 2.23. The van der Waals surface area contributed by atoms with Crippen molar-refractivity contribution in [2.45, 2.75) is 64.2 Å². The van der Waals surface area contributed by atoms with Crippen LogP contribution in [0.5, 0.6) is 0 Å². The first-order valence-electron chi connectivity index (χ1n) is 10.8. The average Bonchev–Trinajstić information content (AvgIpc) is 3.45. The summed E-state index contributed by atoms with van der Waals surface area (Å²) in [5.41, 5.74) is 3.39. The normalized spacial score (nSPS) is 12.0. The van der Waals surface area contributed by atoms with Crippen LogP contribution in [0, 0.1) is 0 Å². The zero-order valence-electron chi connectivity index (χ0n) is 17.6. The van der Waals surface area contributed by atoms with Gasteiger partial charge in [0.2, 0.25) is 11.6 Å². The smallest absolute Gasteiger partial charge is 0.267 e. The Labute approximate surface area is 177 Å². The van der Waals surface area contributed by atoms with Gasteiger partial charge in [0, 0.05) is 18.3 Å². The number of nitrogens with zero attached hydrogens (tertiary/aromatic N) is 2. The van der Waals surface area contributed by atoms with Gasteiger partial charge >= 0.3 is 0 Å². The van der Waals surface area contributed by atoms with E-state index in [0.717, 1.165) is 43.4 Å². The van der Waals surface area contributed by atoms with Crippen LogP contribution in [0.3, 0.4) is 0 Å². The summed E-state index contributed by atoms with van der Waals surface area (Å²) in [4.78, 5) is 31.7. The first kappa shape index (κ1) is 21.7. The number of carbonyl (C=O) groups is 2. The van der Waals surface area contributed by atoms with Gasteiger partial charge in [-0.2, -0.15) is 0 Å². The van der Waals surface area contributed by atoms with Crippen molar-refractivity contribution in [2.24, 2.45) is 0 Å². The molecule has 6 nitrogen and oxygen atoms in total. The average molecular weight is 407 g/mol. The minimum absolute atomic E-state index is 0.0689. The molecule has 6 heteroatoms. The Morgan fingerprint density at radius 2 is 1.87 bits per heavy atom. The minimum atomic E-state index is -0.642. The van der Waals surface area contributed by atoms with Crippen molar-refractivity contribution in [2.75, 3.05) is 0 Å². The lowest BCUT2D eigenvalue weighted by molar-refractivity contribution is -0.114. The number of H-pyrrole nitrogens is 2. The van der Waals surface area contributed by atoms with E-state index in [4.69, 9.17) is 0 Å². The quantitative estimate of drug-likeness (QED) is 0.242. The molecular formula is C24H30N4O2. The molecular weight excluding hydrogens is 376 g/mol. The molecule has 0 aliphatic heterocycles. The number of aryl methyl sites for hydroxylation is 1. The fraction of sp³-hybridized carbons (Fsp3) is 0.417. The first-order valence-corrected chi connectivity index (χ1v) is 10.8. The van der Waals surface area contributed by atoms with Gasteiger partial charge in [-0.25, -0.2) is 4.98 Å². The van der Waals surface area contributed by atoms with E-state index < -0.39 is 11.6 Å². The number of aromatic nitrogens is 4. The van der Waals surface area contributed by atoms with Crippen LogP contribution in [0.1, 0.15) is 78.8 Å². The lowest BCUT2D eigenvalue weighted by Crippen LogP contribution is -2.19. The molecule has 0 aliphatic carbocycles. The van der Waals surface area contributed by atoms with Crippen molar-refractivity contribution in [3.63, 3.8) is 0 Å². The standard InChI is InChI=1S/C24H30N4O2/c1-2-9-19(13-8-4-7-12-18-10-5-3-6-11-18)22-20(14-15-25-22)16-21(29)23(30)24-26-17-27-28-24/h3,5-6,10-11,14-15,17,19,25H,2,4,7-9,12-13,16H2,1H3,(H,26,27,28). The molecule has 2 heterocycles. The number of carbonyl (C=O) groups excluding carboxylic acids is 2. The maximum Gasteiger partial charge on any atom is 0.267 e. The monoisotopic (exact) mass is 406 g/mol. The van der Waals surface area contributed by atoms with Crippen molar-refractivity contribution in [1.82, 2.24) is 20.2 Å². The Bertz CT molecular complexity index is 916. The number of Topliss-reactive ketones (excluding diaryl/α,β-unsaturated/α-hetero) is 2. The molecule has 0 aliphatic rings. The van der Waals surface area contributed by atoms with Gasteiger partial charge in [0.1, 0.15) is 6.33 Å². The molecule has 158 valence electrons. The summed E-state index contributed by atoms with van der Waals surface area (Å²) in [5, 5.41) is 6.19. The predicted molar refractivity (Wildman–Crippen MR) is 116 cm³/mol. The molecule has 0 fully saturated rings. The predicted octanol–water partition coefficient (Wildman–Crippen LogP) is 4.81. The second-order valence-electron chi connectivity index (χ2n) is 7.74. The molecule has 0 saturated carbocycles. The second-order valence-corrected chi connectivity index (χ2v) is 7.74. The van der Waals surface area contributed by atoms with Crippen LogP contribution in [-0.4, -0.2) is 31.7 Å². The molecule has 3 aromatic rings. The fourth-order valence-corrected chi connectivity index (χ4v) is 3.97. The summed E-state index contributed by atoms with van der Waals surface area (Å²) < 4.78 is 0. The molecule has 1 atom stereocenters. The van der Waals surface area contributed by atoms with Crippen LogP contribution < -0.4 is 0 Å². The first-order chi connectivity index (χ1) is 14.7. The molecule has 0 bridgehead atoms. The van der Waals surface area contributed by atoms with E-state index in [1.54, 1.807) is 0 Å². The summed E-state index contributed by atoms with van der Waals surface area (Å²) in [6, 6.07) is 12.5. The van der Waals surface area contributed by atoms with E-state index in [1.165, 1.54) is 24.7 Å². The molecule has 1 aromatic carbocycles. The van der Waals surface area contributed by atoms with Crippen LogP contribution in [0.2, 0.25) is 0 Å². The van der Waals surface area contributed by atoms with E-state index in [-0.39, 0.29) is 12.2 Å². The third kappa shape index (κ3) is 5.99. The van der Waals surface area contributed by atoms with Gasteiger partial charge in [-0.05, 0) is 48.8 Å². The van der Waals surface area contributed by atoms with Gasteiger partial charge < -0.3 is 4.98 Å². The highest BCUT2D eigenvalue weighted by atomic mass is 16.2. The van der Waals surface area contributed by atoms with Crippen LogP contribution in [0.4, 0.5) is 0 Å². The largest absolute Gasteiger partial charge is 0.365 e. The molecule has 0 amide bonds. The van der Waals surface area contributed by atoms with Gasteiger partial charge in [0.25, 0.3) is 5.78 Å². The highest BCUT2D eigenvalue weighted by molar-refractivity contribution is 6.43. The summed E-state index contributed by atoms with van der Waals surface area (Å²) in [6.45, 7) is 2.18. The molecule has 2 N–H and O–H groups in total. The van der Waals surface area contributed by atoms with Crippen molar-refractivity contribution in [1.29, 1.82) is 0 Å². The van der Waals surface area contributed by atoms with E-state index in [0.29, 0.717) is 5.92 Å². The number of hydrogen-bond donors (Lipinski definition) is 2. The number of rotatable bonds is 13. The SMILES string of the molecule is CCCC(CCCCCc1ccccc1)c1[nH]ccc1CC(=O)C(=O)c1nc[nH]n1. The third-order valence-electron chi connectivity index (χ3n) is 5.50. The van der Waals surface area contributed by atoms with Crippen LogP contribution in [0.25, 0.3) is 0 Å². The number of aromatic amines is 2. The molecule has 0 radical (unpaired) electrons. The number of hydrogen-bond acceptors (Lipinski definition) is 4. The minimum Gasteiger partial charge on any atom is -0.365 e. The zero-order chi connectivity index (χ0) is 21.2. The Hall–Kier alpha value is -3.02. The number of benzene rings is 1. The van der Waals surface area contributed by atoms with E-state index >= 15 is 0 Å². The summed E-state index contributed by atoms with van der Waals surface area (Å²) in [7, 11) is 0. The number of ketones is 2. The van der Waals surface area contributed by atoms with Gasteiger partial charge in [0.05, 0.1) is 0 Å². The molecule has 1 unspecified atom stereocenters. The van der Waals surface area contributed by atoms with E-state index in [1.807, 2.05) is 12.3 Å². The zero-order valence-corrected chi connectivity index (χ0v) is 17.6. The topological polar surface area (TPSA) is 91.5 Å². The van der Waals surface area contributed by atoms with Crippen molar-refractivity contribution in [3.05, 3.63) is 71.6 Å². The Balaban J connectivity index is 1.53. The highest BCUT2D eigenvalue weighted by Crippen LogP contribution is 2.29. The molecule has 30 heavy (non-hydrogen) atoms. The van der Waals surface area contributed by atoms with Gasteiger partial charge in [0.15, 0.2) is 0 Å². The van der Waals surface area contributed by atoms with E-state index in [2.05, 4.69) is 57.4 Å². The maximum atomic E-state index is 12.4. The Morgan fingerprint density at radius 1 is 1.03 bits per heavy atom. The van der Waals surface area contributed by atoms with Crippen molar-refractivity contribution < 1.29 is 9.59 Å². The van der Waals surface area contributed by atoms with Crippen LogP contribution in [0.15, 0.2) is 48.9 Å². The molecule has 0 saturated heterocycles. The summed E-state index contributed by atoms with van der Waals surface area (Å²) >= 11 is 0. The summed E-state index contributed by atoms with van der Waals surface area (Å²) in [5.74, 6) is -0.811. The fourth-order valence-electron chi connectivity index (χ4n) is 3.97. The Morgan fingerprint density at radius 3 is 2.60 bits per heavy atom. The van der Waals surface area contributed by atoms with Gasteiger partial charge in [-0.15, -0.1) is 5.10 Å². The number of unbranched alkanes of at least 4 members (excludes halogenated alkanes) is 2. The van der Waals surface area contributed by atoms with Gasteiger partial charge in [-0.3, -0.25) is 14.7 Å². The lowest BCUT2D eigenvalue weighted by Gasteiger charge is -2.17. The number of nitrogens with one attached hydrogen (secondary N) is 2. The molecule has 3 rings (SSSR count). The molecule has 0 spiro atoms. The Kier molecular flexibility index (Phi) is 8.12.